The lowest BCUT2D eigenvalue weighted by molar-refractivity contribution is 0.0856. The Labute approximate surface area is 162 Å². The molecule has 5 nitrogen and oxygen atoms in total. The molecule has 3 rings (SSSR count). The first-order valence-electron chi connectivity index (χ1n) is 10.2. The molecule has 2 aromatic rings. The van der Waals surface area contributed by atoms with Crippen molar-refractivity contribution in [1.82, 2.24) is 15.1 Å². The van der Waals surface area contributed by atoms with Crippen LogP contribution in [0.4, 0.5) is 0 Å². The van der Waals surface area contributed by atoms with E-state index in [0.717, 1.165) is 67.8 Å². The van der Waals surface area contributed by atoms with Crippen molar-refractivity contribution >= 4 is 5.91 Å². The van der Waals surface area contributed by atoms with Crippen LogP contribution in [-0.4, -0.2) is 34.9 Å². The van der Waals surface area contributed by atoms with Crippen LogP contribution in [0.25, 0.3) is 5.69 Å². The quantitative estimate of drug-likeness (QED) is 0.765. The van der Waals surface area contributed by atoms with Gasteiger partial charge in [-0.15, -0.1) is 0 Å². The molecule has 146 valence electrons. The molecule has 1 atom stereocenters. The number of hydrogen-bond acceptors (Lipinski definition) is 3. The van der Waals surface area contributed by atoms with Crippen molar-refractivity contribution in [3.05, 3.63) is 46.8 Å². The number of carbonyl (C=O) groups is 1. The van der Waals surface area contributed by atoms with Crippen LogP contribution >= 0.6 is 0 Å². The van der Waals surface area contributed by atoms with Crippen LogP contribution in [0.15, 0.2) is 24.3 Å². The topological polar surface area (TPSA) is 56.2 Å². The third kappa shape index (κ3) is 4.59. The van der Waals surface area contributed by atoms with Crippen molar-refractivity contribution < 1.29 is 9.53 Å². The van der Waals surface area contributed by atoms with Gasteiger partial charge in [0.2, 0.25) is 0 Å². The lowest BCUT2D eigenvalue weighted by Crippen LogP contribution is -2.32. The zero-order valence-corrected chi connectivity index (χ0v) is 16.8. The van der Waals surface area contributed by atoms with Gasteiger partial charge in [-0.1, -0.05) is 44.4 Å². The number of hydrogen-bond donors (Lipinski definition) is 1. The summed E-state index contributed by atoms with van der Waals surface area (Å²) in [7, 11) is 0. The van der Waals surface area contributed by atoms with Gasteiger partial charge in [0.25, 0.3) is 5.91 Å². The molecule has 0 spiro atoms. The molecule has 1 saturated heterocycles. The first-order valence-corrected chi connectivity index (χ1v) is 10.2. The summed E-state index contributed by atoms with van der Waals surface area (Å²) in [6, 6.07) is 8.32. The van der Waals surface area contributed by atoms with Crippen molar-refractivity contribution in [3.63, 3.8) is 0 Å². The van der Waals surface area contributed by atoms with E-state index in [1.54, 1.807) is 0 Å². The SMILES string of the molecule is CCCc1nn(-c2ccc(C)cc2)c(CCC)c1C(=O)NCC1CCCO1. The van der Waals surface area contributed by atoms with Gasteiger partial charge in [-0.25, -0.2) is 4.68 Å². The summed E-state index contributed by atoms with van der Waals surface area (Å²) in [5.74, 6) is -0.0178. The van der Waals surface area contributed by atoms with Crippen LogP contribution in [0, 0.1) is 6.92 Å². The van der Waals surface area contributed by atoms with Crippen LogP contribution in [-0.2, 0) is 17.6 Å². The minimum atomic E-state index is -0.0178. The Morgan fingerprint density at radius 1 is 1.22 bits per heavy atom. The molecule has 1 N–H and O–H groups in total. The van der Waals surface area contributed by atoms with Crippen molar-refractivity contribution in [3.8, 4) is 5.69 Å². The summed E-state index contributed by atoms with van der Waals surface area (Å²) < 4.78 is 7.61. The lowest BCUT2D eigenvalue weighted by atomic mass is 10.1. The molecule has 27 heavy (non-hydrogen) atoms. The maximum absolute atomic E-state index is 13.1. The van der Waals surface area contributed by atoms with Crippen molar-refractivity contribution in [2.24, 2.45) is 0 Å². The maximum atomic E-state index is 13.1. The fraction of sp³-hybridized carbons (Fsp3) is 0.545. The highest BCUT2D eigenvalue weighted by Crippen LogP contribution is 2.23. The average Bonchev–Trinajstić information content (AvgIpc) is 3.30. The summed E-state index contributed by atoms with van der Waals surface area (Å²) in [6.07, 6.45) is 5.80. The van der Waals surface area contributed by atoms with E-state index in [4.69, 9.17) is 9.84 Å². The van der Waals surface area contributed by atoms with E-state index < -0.39 is 0 Å². The summed E-state index contributed by atoms with van der Waals surface area (Å²) in [4.78, 5) is 13.1. The molecular weight excluding hydrogens is 338 g/mol. The molecule has 1 aliphatic rings. The number of aryl methyl sites for hydroxylation is 2. The Balaban J connectivity index is 1.93. The standard InChI is InChI=1S/C22H31N3O2/c1-4-7-19-21(22(26)23-15-18-9-6-14-27-18)20(8-5-2)25(24-19)17-12-10-16(3)11-13-17/h10-13,18H,4-9,14-15H2,1-3H3,(H,23,26). The van der Waals surface area contributed by atoms with E-state index in [2.05, 4.69) is 50.4 Å². The number of amides is 1. The van der Waals surface area contributed by atoms with Crippen LogP contribution in [0.1, 0.15) is 66.8 Å². The van der Waals surface area contributed by atoms with Gasteiger partial charge in [-0.3, -0.25) is 4.79 Å². The zero-order chi connectivity index (χ0) is 19.2. The second kappa shape index (κ2) is 9.18. The normalized spacial score (nSPS) is 16.6. The van der Waals surface area contributed by atoms with Gasteiger partial charge in [0.1, 0.15) is 0 Å². The highest BCUT2D eigenvalue weighted by molar-refractivity contribution is 5.96. The Morgan fingerprint density at radius 3 is 2.59 bits per heavy atom. The van der Waals surface area contributed by atoms with Crippen LogP contribution in [0.5, 0.6) is 0 Å². The molecule has 1 unspecified atom stereocenters. The van der Waals surface area contributed by atoms with Gasteiger partial charge in [0.05, 0.1) is 28.7 Å². The molecular formula is C22H31N3O2. The monoisotopic (exact) mass is 369 g/mol. The molecule has 1 aromatic carbocycles. The van der Waals surface area contributed by atoms with Gasteiger partial charge < -0.3 is 10.1 Å². The smallest absolute Gasteiger partial charge is 0.255 e. The number of ether oxygens (including phenoxy) is 1. The second-order valence-corrected chi connectivity index (χ2v) is 7.36. The molecule has 1 amide bonds. The number of aromatic nitrogens is 2. The number of carbonyl (C=O) groups excluding carboxylic acids is 1. The summed E-state index contributed by atoms with van der Waals surface area (Å²) in [5.41, 5.74) is 4.89. The average molecular weight is 370 g/mol. The summed E-state index contributed by atoms with van der Waals surface area (Å²) >= 11 is 0. The minimum Gasteiger partial charge on any atom is -0.376 e. The van der Waals surface area contributed by atoms with Gasteiger partial charge >= 0.3 is 0 Å². The Hall–Kier alpha value is -2.14. The lowest BCUT2D eigenvalue weighted by Gasteiger charge is -2.12. The first-order chi connectivity index (χ1) is 13.1. The van der Waals surface area contributed by atoms with E-state index in [1.807, 2.05) is 4.68 Å². The zero-order valence-electron chi connectivity index (χ0n) is 16.8. The molecule has 1 aromatic heterocycles. The van der Waals surface area contributed by atoms with Gasteiger partial charge in [0, 0.05) is 13.2 Å². The van der Waals surface area contributed by atoms with Crippen LogP contribution in [0.3, 0.4) is 0 Å². The predicted octanol–water partition coefficient (Wildman–Crippen LogP) is 3.99. The molecule has 0 bridgehead atoms. The molecule has 1 aliphatic heterocycles. The molecule has 0 saturated carbocycles. The Morgan fingerprint density at radius 2 is 1.96 bits per heavy atom. The highest BCUT2D eigenvalue weighted by Gasteiger charge is 2.25. The summed E-state index contributed by atoms with van der Waals surface area (Å²) in [6.45, 7) is 7.71. The van der Waals surface area contributed by atoms with E-state index in [0.29, 0.717) is 6.54 Å². The third-order valence-corrected chi connectivity index (χ3v) is 5.05. The van der Waals surface area contributed by atoms with Gasteiger partial charge in [-0.05, 0) is 44.7 Å². The van der Waals surface area contributed by atoms with Crippen molar-refractivity contribution in [2.45, 2.75) is 65.4 Å². The predicted molar refractivity (Wildman–Crippen MR) is 108 cm³/mol. The molecule has 5 heteroatoms. The second-order valence-electron chi connectivity index (χ2n) is 7.36. The maximum Gasteiger partial charge on any atom is 0.255 e. The molecule has 0 radical (unpaired) electrons. The summed E-state index contributed by atoms with van der Waals surface area (Å²) in [5, 5.41) is 7.94. The number of rotatable bonds is 8. The third-order valence-electron chi connectivity index (χ3n) is 5.05. The Bertz CT molecular complexity index is 759. The van der Waals surface area contributed by atoms with Crippen molar-refractivity contribution in [1.29, 1.82) is 0 Å². The van der Waals surface area contributed by atoms with E-state index in [9.17, 15) is 4.79 Å². The molecule has 2 heterocycles. The number of nitrogens with one attached hydrogen (secondary N) is 1. The van der Waals surface area contributed by atoms with Gasteiger partial charge in [-0.2, -0.15) is 5.10 Å². The fourth-order valence-corrected chi connectivity index (χ4v) is 3.64. The number of nitrogens with zero attached hydrogens (tertiary/aromatic N) is 2. The first kappa shape index (κ1) is 19.6. The van der Waals surface area contributed by atoms with E-state index in [-0.39, 0.29) is 12.0 Å². The van der Waals surface area contributed by atoms with E-state index >= 15 is 0 Å². The minimum absolute atomic E-state index is 0.0178. The molecule has 0 aliphatic carbocycles. The fourth-order valence-electron chi connectivity index (χ4n) is 3.64. The van der Waals surface area contributed by atoms with Gasteiger partial charge in [0.15, 0.2) is 0 Å². The van der Waals surface area contributed by atoms with Crippen LogP contribution < -0.4 is 5.32 Å². The van der Waals surface area contributed by atoms with E-state index in [1.165, 1.54) is 5.56 Å². The molecule has 1 fully saturated rings. The van der Waals surface area contributed by atoms with Crippen LogP contribution in [0.2, 0.25) is 0 Å². The largest absolute Gasteiger partial charge is 0.376 e. The van der Waals surface area contributed by atoms with Crippen molar-refractivity contribution in [2.75, 3.05) is 13.2 Å². The Kier molecular flexibility index (Phi) is 6.67. The highest BCUT2D eigenvalue weighted by atomic mass is 16.5. The number of benzene rings is 1.